The average molecular weight is 239 g/mol. The van der Waals surface area contributed by atoms with Crippen LogP contribution in [0.3, 0.4) is 0 Å². The van der Waals surface area contributed by atoms with Crippen LogP contribution in [0.4, 0.5) is 11.4 Å². The molecule has 0 fully saturated rings. The van der Waals surface area contributed by atoms with Crippen LogP contribution in [0.2, 0.25) is 5.02 Å². The second-order valence-electron chi connectivity index (χ2n) is 3.37. The number of nitrogens with one attached hydrogen (secondary N) is 2. The fraction of sp³-hybridized carbons (Fsp3) is 0.222. The first-order valence-electron chi connectivity index (χ1n) is 4.68. The number of benzene rings is 1. The molecule has 1 aromatic heterocycles. The number of nitrogen functional groups attached to an aromatic ring is 1. The van der Waals surface area contributed by atoms with Gasteiger partial charge < -0.3 is 11.1 Å². The Morgan fingerprint density at radius 1 is 1.50 bits per heavy atom. The molecule has 0 radical (unpaired) electrons. The number of anilines is 2. The largest absolute Gasteiger partial charge is 0.398 e. The smallest absolute Gasteiger partial charge is 0.193 e. The SMILES string of the molecule is Cc1cc(N)c(Cl)cc1NCc1nn[nH]n1. The number of aromatic nitrogens is 4. The maximum Gasteiger partial charge on any atom is 0.193 e. The molecule has 0 aliphatic carbocycles. The highest BCUT2D eigenvalue weighted by Gasteiger charge is 2.04. The van der Waals surface area contributed by atoms with Gasteiger partial charge in [0.1, 0.15) is 0 Å². The lowest BCUT2D eigenvalue weighted by atomic mass is 10.2. The molecule has 0 aliphatic rings. The van der Waals surface area contributed by atoms with E-state index >= 15 is 0 Å². The fourth-order valence-corrected chi connectivity index (χ4v) is 1.49. The van der Waals surface area contributed by atoms with Crippen molar-refractivity contribution in [3.05, 3.63) is 28.5 Å². The Morgan fingerprint density at radius 2 is 2.31 bits per heavy atom. The lowest BCUT2D eigenvalue weighted by molar-refractivity contribution is 0.881. The van der Waals surface area contributed by atoms with Gasteiger partial charge >= 0.3 is 0 Å². The molecule has 4 N–H and O–H groups in total. The number of nitrogens with zero attached hydrogens (tertiary/aromatic N) is 3. The minimum atomic E-state index is 0.484. The molecule has 0 unspecified atom stereocenters. The molecule has 0 amide bonds. The number of nitrogens with two attached hydrogens (primary N) is 1. The zero-order valence-corrected chi connectivity index (χ0v) is 9.41. The number of aryl methyl sites for hydroxylation is 1. The maximum atomic E-state index is 5.93. The van der Waals surface area contributed by atoms with Crippen LogP contribution in [0.25, 0.3) is 0 Å². The molecule has 1 aromatic carbocycles. The minimum Gasteiger partial charge on any atom is -0.398 e. The van der Waals surface area contributed by atoms with E-state index in [-0.39, 0.29) is 0 Å². The lowest BCUT2D eigenvalue weighted by Crippen LogP contribution is -2.03. The van der Waals surface area contributed by atoms with E-state index in [9.17, 15) is 0 Å². The number of tetrazole rings is 1. The van der Waals surface area contributed by atoms with E-state index in [2.05, 4.69) is 25.9 Å². The summed E-state index contributed by atoms with van der Waals surface area (Å²) in [5, 5.41) is 17.2. The van der Waals surface area contributed by atoms with Crippen LogP contribution in [0.5, 0.6) is 0 Å². The van der Waals surface area contributed by atoms with Crippen LogP contribution in [0.15, 0.2) is 12.1 Å². The van der Waals surface area contributed by atoms with Crippen molar-refractivity contribution in [1.82, 2.24) is 20.6 Å². The van der Waals surface area contributed by atoms with Crippen LogP contribution < -0.4 is 11.1 Å². The first kappa shape index (κ1) is 10.7. The summed E-state index contributed by atoms with van der Waals surface area (Å²) < 4.78 is 0. The fourth-order valence-electron chi connectivity index (χ4n) is 1.33. The standard InChI is InChI=1S/C9H11ClN6/c1-5-2-7(11)6(10)3-8(5)12-4-9-13-15-16-14-9/h2-3,12H,4,11H2,1H3,(H,13,14,15,16). The number of hydrogen-bond donors (Lipinski definition) is 3. The van der Waals surface area contributed by atoms with Crippen molar-refractivity contribution in [3.63, 3.8) is 0 Å². The number of hydrogen-bond acceptors (Lipinski definition) is 5. The Hall–Kier alpha value is -1.82. The monoisotopic (exact) mass is 238 g/mol. The van der Waals surface area contributed by atoms with Gasteiger partial charge in [-0.2, -0.15) is 5.21 Å². The molecule has 84 valence electrons. The van der Waals surface area contributed by atoms with Crippen LogP contribution >= 0.6 is 11.6 Å². The summed E-state index contributed by atoms with van der Waals surface area (Å²) in [5.74, 6) is 0.590. The van der Waals surface area contributed by atoms with Crippen molar-refractivity contribution < 1.29 is 0 Å². The summed E-state index contributed by atoms with van der Waals surface area (Å²) >= 11 is 5.93. The van der Waals surface area contributed by atoms with Crippen LogP contribution in [0, 0.1) is 6.92 Å². The molecule has 1 heterocycles. The molecule has 16 heavy (non-hydrogen) atoms. The van der Waals surface area contributed by atoms with E-state index < -0.39 is 0 Å². The third-order valence-corrected chi connectivity index (χ3v) is 2.50. The summed E-state index contributed by atoms with van der Waals surface area (Å²) in [6, 6.07) is 3.60. The van der Waals surface area contributed by atoms with Crippen molar-refractivity contribution in [1.29, 1.82) is 0 Å². The Labute approximate surface area is 97.2 Å². The first-order valence-corrected chi connectivity index (χ1v) is 5.06. The molecule has 7 heteroatoms. The second-order valence-corrected chi connectivity index (χ2v) is 3.78. The molecule has 0 spiro atoms. The molecule has 0 saturated carbocycles. The summed E-state index contributed by atoms with van der Waals surface area (Å²) in [6.07, 6.45) is 0. The summed E-state index contributed by atoms with van der Waals surface area (Å²) in [7, 11) is 0. The van der Waals surface area contributed by atoms with Gasteiger partial charge in [0.25, 0.3) is 0 Å². The first-order chi connectivity index (χ1) is 7.66. The third-order valence-electron chi connectivity index (χ3n) is 2.17. The normalized spacial score (nSPS) is 10.4. The van der Waals surface area contributed by atoms with Crippen LogP contribution in [0.1, 0.15) is 11.4 Å². The molecule has 0 bridgehead atoms. The zero-order valence-electron chi connectivity index (χ0n) is 8.66. The minimum absolute atomic E-state index is 0.484. The quantitative estimate of drug-likeness (QED) is 0.702. The van der Waals surface area contributed by atoms with E-state index in [0.29, 0.717) is 23.1 Å². The molecular formula is C9H11ClN6. The van der Waals surface area contributed by atoms with Crippen molar-refractivity contribution in [2.75, 3.05) is 11.1 Å². The Balaban J connectivity index is 2.12. The zero-order chi connectivity index (χ0) is 11.5. The average Bonchev–Trinajstić information content (AvgIpc) is 2.74. The summed E-state index contributed by atoms with van der Waals surface area (Å²) in [4.78, 5) is 0. The van der Waals surface area contributed by atoms with Gasteiger partial charge in [0.2, 0.25) is 0 Å². The van der Waals surface area contributed by atoms with Gasteiger partial charge in [-0.25, -0.2) is 0 Å². The van der Waals surface area contributed by atoms with Gasteiger partial charge in [-0.05, 0) is 24.6 Å². The Bertz CT molecular complexity index is 481. The highest BCUT2D eigenvalue weighted by molar-refractivity contribution is 6.33. The second kappa shape index (κ2) is 4.36. The predicted molar refractivity (Wildman–Crippen MR) is 62.1 cm³/mol. The van der Waals surface area contributed by atoms with Gasteiger partial charge in [-0.1, -0.05) is 16.8 Å². The van der Waals surface area contributed by atoms with Crippen LogP contribution in [-0.2, 0) is 6.54 Å². The summed E-state index contributed by atoms with van der Waals surface area (Å²) in [5.41, 5.74) is 8.18. The van der Waals surface area contributed by atoms with Crippen molar-refractivity contribution in [3.8, 4) is 0 Å². The highest BCUT2D eigenvalue weighted by Crippen LogP contribution is 2.26. The van der Waals surface area contributed by atoms with Crippen molar-refractivity contribution in [2.45, 2.75) is 13.5 Å². The van der Waals surface area contributed by atoms with Crippen LogP contribution in [-0.4, -0.2) is 20.6 Å². The molecule has 0 aliphatic heterocycles. The molecule has 6 nitrogen and oxygen atoms in total. The lowest BCUT2D eigenvalue weighted by Gasteiger charge is -2.09. The van der Waals surface area contributed by atoms with Gasteiger partial charge in [0.05, 0.1) is 17.3 Å². The van der Waals surface area contributed by atoms with Gasteiger partial charge in [0, 0.05) is 5.69 Å². The van der Waals surface area contributed by atoms with Crippen molar-refractivity contribution >= 4 is 23.0 Å². The number of rotatable bonds is 3. The molecular weight excluding hydrogens is 228 g/mol. The number of H-pyrrole nitrogens is 1. The molecule has 2 aromatic rings. The van der Waals surface area contributed by atoms with E-state index in [0.717, 1.165) is 11.3 Å². The van der Waals surface area contributed by atoms with E-state index in [1.807, 2.05) is 13.0 Å². The predicted octanol–water partition coefficient (Wildman–Crippen LogP) is 1.36. The van der Waals surface area contributed by atoms with E-state index in [1.165, 1.54) is 0 Å². The maximum absolute atomic E-state index is 5.93. The molecule has 0 atom stereocenters. The molecule has 0 saturated heterocycles. The topological polar surface area (TPSA) is 92.5 Å². The van der Waals surface area contributed by atoms with Gasteiger partial charge in [-0.3, -0.25) is 0 Å². The Morgan fingerprint density at radius 3 is 3.00 bits per heavy atom. The van der Waals surface area contributed by atoms with Crippen molar-refractivity contribution in [2.24, 2.45) is 0 Å². The summed E-state index contributed by atoms with van der Waals surface area (Å²) in [6.45, 7) is 2.43. The highest BCUT2D eigenvalue weighted by atomic mass is 35.5. The van der Waals surface area contributed by atoms with E-state index in [4.69, 9.17) is 17.3 Å². The molecule has 2 rings (SSSR count). The van der Waals surface area contributed by atoms with E-state index in [1.54, 1.807) is 6.07 Å². The Kier molecular flexibility index (Phi) is 2.91. The number of aromatic amines is 1. The third kappa shape index (κ3) is 2.22. The number of halogens is 1. The van der Waals surface area contributed by atoms with Gasteiger partial charge in [-0.15, -0.1) is 10.2 Å². The van der Waals surface area contributed by atoms with Gasteiger partial charge in [0.15, 0.2) is 5.82 Å².